The van der Waals surface area contributed by atoms with Crippen LogP contribution >= 0.6 is 11.6 Å². The molecule has 29 heavy (non-hydrogen) atoms. The molecule has 0 unspecified atom stereocenters. The van der Waals surface area contributed by atoms with Crippen molar-refractivity contribution in [2.24, 2.45) is 0 Å². The lowest BCUT2D eigenvalue weighted by Gasteiger charge is -2.41. The zero-order valence-electron chi connectivity index (χ0n) is 16.3. The molecular formula is C20H22ClFN6O. The fourth-order valence-electron chi connectivity index (χ4n) is 3.79. The van der Waals surface area contributed by atoms with Gasteiger partial charge in [0, 0.05) is 36.9 Å². The van der Waals surface area contributed by atoms with E-state index in [4.69, 9.17) is 17.3 Å². The molecule has 152 valence electrons. The maximum atomic E-state index is 14.4. The first kappa shape index (κ1) is 19.4. The summed E-state index contributed by atoms with van der Waals surface area (Å²) in [6.45, 7) is 5.42. The predicted molar refractivity (Wildman–Crippen MR) is 111 cm³/mol. The molecule has 1 atom stereocenters. The summed E-state index contributed by atoms with van der Waals surface area (Å²) in [4.78, 5) is 21.0. The molecule has 1 amide bonds. The maximum absolute atomic E-state index is 14.4. The van der Waals surface area contributed by atoms with Gasteiger partial charge in [0.15, 0.2) is 11.5 Å². The Kier molecular flexibility index (Phi) is 5.04. The molecular weight excluding hydrogens is 395 g/mol. The predicted octanol–water partition coefficient (Wildman–Crippen LogP) is 2.85. The van der Waals surface area contributed by atoms with E-state index in [1.807, 2.05) is 24.8 Å². The molecule has 0 aliphatic carbocycles. The van der Waals surface area contributed by atoms with Crippen LogP contribution in [-0.4, -0.2) is 51.2 Å². The lowest BCUT2D eigenvalue weighted by molar-refractivity contribution is -0.134. The summed E-state index contributed by atoms with van der Waals surface area (Å²) < 4.78 is 15.9. The van der Waals surface area contributed by atoms with Crippen LogP contribution in [0.25, 0.3) is 11.0 Å². The van der Waals surface area contributed by atoms with Gasteiger partial charge in [-0.05, 0) is 43.7 Å². The quantitative estimate of drug-likeness (QED) is 0.710. The molecule has 3 aromatic rings. The second-order valence-electron chi connectivity index (χ2n) is 7.35. The van der Waals surface area contributed by atoms with Crippen LogP contribution in [0.3, 0.4) is 0 Å². The van der Waals surface area contributed by atoms with Crippen LogP contribution < -0.4 is 10.6 Å². The van der Waals surface area contributed by atoms with Crippen molar-refractivity contribution in [1.29, 1.82) is 0 Å². The molecule has 2 aromatic heterocycles. The summed E-state index contributed by atoms with van der Waals surface area (Å²) in [6.07, 6.45) is 1.65. The van der Waals surface area contributed by atoms with Gasteiger partial charge >= 0.3 is 0 Å². The number of aromatic nitrogens is 3. The number of halogens is 2. The van der Waals surface area contributed by atoms with Gasteiger partial charge in [0.05, 0.1) is 11.1 Å². The molecule has 1 aliphatic heterocycles. The molecule has 4 rings (SSSR count). The van der Waals surface area contributed by atoms with Crippen molar-refractivity contribution < 1.29 is 9.18 Å². The number of pyridine rings is 1. The van der Waals surface area contributed by atoms with Crippen molar-refractivity contribution in [3.05, 3.63) is 46.9 Å². The number of amides is 1. The molecule has 9 heteroatoms. The number of carbonyl (C=O) groups excluding carboxylic acids is 1. The van der Waals surface area contributed by atoms with Crippen LogP contribution in [0, 0.1) is 12.7 Å². The third-order valence-electron chi connectivity index (χ3n) is 5.34. The van der Waals surface area contributed by atoms with Crippen LogP contribution in [0.5, 0.6) is 0 Å². The van der Waals surface area contributed by atoms with E-state index in [-0.39, 0.29) is 24.3 Å². The van der Waals surface area contributed by atoms with Gasteiger partial charge in [0.25, 0.3) is 0 Å². The second-order valence-corrected chi connectivity index (χ2v) is 7.76. The van der Waals surface area contributed by atoms with Crippen molar-refractivity contribution in [3.63, 3.8) is 0 Å². The minimum absolute atomic E-state index is 0.0590. The smallest absolute Gasteiger partial charge is 0.244 e. The number of piperazine rings is 1. The van der Waals surface area contributed by atoms with E-state index in [0.717, 1.165) is 10.9 Å². The fourth-order valence-corrected chi connectivity index (χ4v) is 3.94. The first-order chi connectivity index (χ1) is 13.8. The minimum Gasteiger partial charge on any atom is -0.382 e. The van der Waals surface area contributed by atoms with Gasteiger partial charge in [0.1, 0.15) is 12.4 Å². The Bertz CT molecular complexity index is 1080. The molecule has 7 nitrogen and oxygen atoms in total. The average molecular weight is 417 g/mol. The van der Waals surface area contributed by atoms with Gasteiger partial charge in [-0.3, -0.25) is 4.79 Å². The summed E-state index contributed by atoms with van der Waals surface area (Å²) in [5, 5.41) is 5.39. The average Bonchev–Trinajstić information content (AvgIpc) is 3.00. The Morgan fingerprint density at radius 2 is 2.17 bits per heavy atom. The summed E-state index contributed by atoms with van der Waals surface area (Å²) in [5.41, 5.74) is 7.85. The lowest BCUT2D eigenvalue weighted by atomic mass is 10.1. The maximum Gasteiger partial charge on any atom is 0.244 e. The number of rotatable bonds is 3. The lowest BCUT2D eigenvalue weighted by Crippen LogP contribution is -2.55. The van der Waals surface area contributed by atoms with Crippen LogP contribution in [0.2, 0.25) is 5.02 Å². The first-order valence-electron chi connectivity index (χ1n) is 9.42. The topological polar surface area (TPSA) is 80.3 Å². The third-order valence-corrected chi connectivity index (χ3v) is 5.74. The van der Waals surface area contributed by atoms with Crippen LogP contribution in [0.1, 0.15) is 12.5 Å². The summed E-state index contributed by atoms with van der Waals surface area (Å²) in [5.74, 6) is -0.0653. The highest BCUT2D eigenvalue weighted by Gasteiger charge is 2.29. The van der Waals surface area contributed by atoms with Crippen molar-refractivity contribution >= 4 is 40.0 Å². The number of benzene rings is 1. The van der Waals surface area contributed by atoms with Crippen molar-refractivity contribution in [2.45, 2.75) is 26.4 Å². The van der Waals surface area contributed by atoms with E-state index in [2.05, 4.69) is 10.1 Å². The highest BCUT2D eigenvalue weighted by Crippen LogP contribution is 2.28. The van der Waals surface area contributed by atoms with Crippen molar-refractivity contribution in [3.8, 4) is 0 Å². The normalized spacial score (nSPS) is 17.2. The highest BCUT2D eigenvalue weighted by molar-refractivity contribution is 6.31. The molecule has 0 bridgehead atoms. The summed E-state index contributed by atoms with van der Waals surface area (Å²) >= 11 is 6.00. The zero-order valence-corrected chi connectivity index (χ0v) is 17.0. The number of hydrogen-bond donors (Lipinski definition) is 1. The molecule has 0 spiro atoms. The van der Waals surface area contributed by atoms with Gasteiger partial charge in [0.2, 0.25) is 5.91 Å². The summed E-state index contributed by atoms with van der Waals surface area (Å²) in [7, 11) is 0. The molecule has 1 saturated heterocycles. The number of nitrogens with zero attached hydrogens (tertiary/aromatic N) is 5. The van der Waals surface area contributed by atoms with Gasteiger partial charge in [-0.2, -0.15) is 5.10 Å². The second kappa shape index (κ2) is 7.51. The molecule has 2 N–H and O–H groups in total. The minimum atomic E-state index is -0.350. The number of carbonyl (C=O) groups is 1. The molecule has 1 aromatic carbocycles. The van der Waals surface area contributed by atoms with Crippen LogP contribution in [0.4, 0.5) is 15.9 Å². The molecule has 1 aliphatic rings. The Labute approximate surface area is 172 Å². The number of fused-ring (bicyclic) bond motifs is 1. The van der Waals surface area contributed by atoms with E-state index in [0.29, 0.717) is 41.8 Å². The number of anilines is 2. The Morgan fingerprint density at radius 3 is 2.93 bits per heavy atom. The Hall–Kier alpha value is -2.87. The van der Waals surface area contributed by atoms with Gasteiger partial charge < -0.3 is 15.5 Å². The van der Waals surface area contributed by atoms with Crippen molar-refractivity contribution in [2.75, 3.05) is 30.3 Å². The van der Waals surface area contributed by atoms with Crippen molar-refractivity contribution in [1.82, 2.24) is 19.7 Å². The monoisotopic (exact) mass is 416 g/mol. The fraction of sp³-hybridized carbons (Fsp3) is 0.350. The Balaban J connectivity index is 1.49. The Morgan fingerprint density at radius 1 is 1.38 bits per heavy atom. The molecule has 3 heterocycles. The highest BCUT2D eigenvalue weighted by atomic mass is 35.5. The zero-order chi connectivity index (χ0) is 20.7. The summed E-state index contributed by atoms with van der Waals surface area (Å²) in [6, 6.07) is 6.63. The van der Waals surface area contributed by atoms with E-state index in [1.165, 1.54) is 10.7 Å². The van der Waals surface area contributed by atoms with Gasteiger partial charge in [-0.25, -0.2) is 14.1 Å². The molecule has 1 fully saturated rings. The van der Waals surface area contributed by atoms with E-state index < -0.39 is 0 Å². The number of nitrogens with two attached hydrogens (primary N) is 1. The van der Waals surface area contributed by atoms with Gasteiger partial charge in [-0.15, -0.1) is 0 Å². The van der Waals surface area contributed by atoms with Gasteiger partial charge in [-0.1, -0.05) is 11.6 Å². The van der Waals surface area contributed by atoms with Crippen LogP contribution in [-0.2, 0) is 11.3 Å². The number of aryl methyl sites for hydroxylation is 1. The first-order valence-corrected chi connectivity index (χ1v) is 9.80. The SMILES string of the molecule is Cc1cc(N2CCN(C(=O)Cn3nc(N)c4cccnc43)[C@@H](C)C2)c(F)cc1Cl. The third kappa shape index (κ3) is 3.60. The largest absolute Gasteiger partial charge is 0.382 e. The standard InChI is InChI=1S/C20H22ClFN6O/c1-12-8-17(16(22)9-15(12)21)26-6-7-27(13(2)10-26)18(29)11-28-20-14(19(23)25-28)4-3-5-24-20/h3-5,8-9,13H,6-7,10-11H2,1-2H3,(H2,23,25)/t13-/m0/s1. The van der Waals surface area contributed by atoms with E-state index in [9.17, 15) is 9.18 Å². The molecule has 0 saturated carbocycles. The van der Waals surface area contributed by atoms with E-state index in [1.54, 1.807) is 23.2 Å². The van der Waals surface area contributed by atoms with E-state index >= 15 is 0 Å². The molecule has 0 radical (unpaired) electrons. The van der Waals surface area contributed by atoms with Crippen LogP contribution in [0.15, 0.2) is 30.5 Å². The number of nitrogen functional groups attached to an aromatic ring is 1. The number of hydrogen-bond acceptors (Lipinski definition) is 5.